The molecule has 0 aromatic heterocycles. The van der Waals surface area contributed by atoms with Crippen LogP contribution in [0.1, 0.15) is 25.7 Å². The summed E-state index contributed by atoms with van der Waals surface area (Å²) in [5.41, 5.74) is 1.91. The van der Waals surface area contributed by atoms with Gasteiger partial charge in [0.15, 0.2) is 0 Å². The number of amides is 1. The molecule has 0 aromatic carbocycles. The van der Waals surface area contributed by atoms with Crippen molar-refractivity contribution >= 4 is 11.8 Å². The maximum Gasteiger partial charge on any atom is 0.427 e. The van der Waals surface area contributed by atoms with Gasteiger partial charge in [0.1, 0.15) is 0 Å². The first-order valence-electron chi connectivity index (χ1n) is 4.92. The minimum atomic E-state index is -4.29. The number of alkyl halides is 3. The summed E-state index contributed by atoms with van der Waals surface area (Å²) in [6.45, 7) is 0. The van der Waals surface area contributed by atoms with Gasteiger partial charge in [-0.3, -0.25) is 0 Å². The lowest BCUT2D eigenvalue weighted by Crippen LogP contribution is -2.35. The van der Waals surface area contributed by atoms with Gasteiger partial charge in [-0.2, -0.15) is 18.3 Å². The number of carbonyl (C=O) groups is 1. The Morgan fingerprint density at radius 2 is 2.19 bits per heavy atom. The van der Waals surface area contributed by atoms with E-state index >= 15 is 0 Å². The fourth-order valence-electron chi connectivity index (χ4n) is 1.64. The van der Waals surface area contributed by atoms with Crippen LogP contribution in [-0.4, -0.2) is 25.1 Å². The summed E-state index contributed by atoms with van der Waals surface area (Å²) in [5.74, 6) is -1.54. The number of hydrogen-bond acceptors (Lipinski definition) is 3. The highest BCUT2D eigenvalue weighted by Crippen LogP contribution is 2.35. The van der Waals surface area contributed by atoms with E-state index in [1.807, 2.05) is 5.43 Å². The van der Waals surface area contributed by atoms with Crippen LogP contribution in [0.3, 0.4) is 0 Å². The Morgan fingerprint density at radius 1 is 1.50 bits per heavy atom. The van der Waals surface area contributed by atoms with Crippen LogP contribution in [0.5, 0.6) is 0 Å². The van der Waals surface area contributed by atoms with E-state index in [1.54, 1.807) is 0 Å². The molecule has 1 fully saturated rings. The molecule has 1 aliphatic rings. The van der Waals surface area contributed by atoms with Crippen LogP contribution >= 0.6 is 0 Å². The summed E-state index contributed by atoms with van der Waals surface area (Å²) in [6, 6.07) is 0. The van der Waals surface area contributed by atoms with E-state index in [2.05, 4.69) is 9.84 Å². The van der Waals surface area contributed by atoms with Crippen LogP contribution < -0.4 is 5.43 Å². The van der Waals surface area contributed by atoms with Crippen LogP contribution in [0, 0.1) is 5.92 Å². The van der Waals surface area contributed by atoms with Crippen molar-refractivity contribution in [3.8, 4) is 0 Å². The van der Waals surface area contributed by atoms with Crippen LogP contribution in [0.2, 0.25) is 0 Å². The summed E-state index contributed by atoms with van der Waals surface area (Å²) in [6.07, 6.45) is -3.68. The molecule has 1 amide bonds. The lowest BCUT2D eigenvalue weighted by molar-refractivity contribution is -0.158. The van der Waals surface area contributed by atoms with Gasteiger partial charge in [0.25, 0.3) is 0 Å². The van der Waals surface area contributed by atoms with Crippen molar-refractivity contribution in [1.29, 1.82) is 0 Å². The molecule has 4 nitrogen and oxygen atoms in total. The van der Waals surface area contributed by atoms with Crippen molar-refractivity contribution in [2.24, 2.45) is 11.0 Å². The van der Waals surface area contributed by atoms with Crippen molar-refractivity contribution in [2.45, 2.75) is 31.9 Å². The van der Waals surface area contributed by atoms with Crippen LogP contribution in [0.25, 0.3) is 0 Å². The number of carbonyl (C=O) groups excluding carboxylic acids is 1. The summed E-state index contributed by atoms with van der Waals surface area (Å²) < 4.78 is 41.9. The molecule has 0 heterocycles. The summed E-state index contributed by atoms with van der Waals surface area (Å²) in [7, 11) is 1.12. The molecule has 1 aliphatic carbocycles. The molecule has 0 bridgehead atoms. The minimum absolute atomic E-state index is 0.0239. The van der Waals surface area contributed by atoms with E-state index in [1.165, 1.54) is 0 Å². The predicted octanol–water partition coefficient (Wildman–Crippen LogP) is 2.45. The number of ether oxygens (including phenoxy) is 1. The van der Waals surface area contributed by atoms with Gasteiger partial charge < -0.3 is 4.74 Å². The van der Waals surface area contributed by atoms with Crippen LogP contribution in [-0.2, 0) is 4.74 Å². The summed E-state index contributed by atoms with van der Waals surface area (Å²) in [5, 5.41) is 3.47. The third kappa shape index (κ3) is 3.39. The highest BCUT2D eigenvalue weighted by molar-refractivity contribution is 5.88. The summed E-state index contributed by atoms with van der Waals surface area (Å²) >= 11 is 0. The summed E-state index contributed by atoms with van der Waals surface area (Å²) in [4.78, 5) is 10.7. The molecular formula is C9H13F3N2O2. The molecule has 0 aliphatic heterocycles. The molecule has 0 radical (unpaired) electrons. The number of nitrogens with one attached hydrogen (secondary N) is 1. The molecule has 7 heteroatoms. The Balaban J connectivity index is 2.70. The standard InChI is InChI=1S/C9H13F3N2O2/c1-16-8(15)14-13-7-5-3-2-4-6(7)9(10,11)12/h6H,2-5H2,1H3,(H,14,15)/b13-7-. The van der Waals surface area contributed by atoms with Crippen molar-refractivity contribution in [3.05, 3.63) is 0 Å². The second-order valence-electron chi connectivity index (χ2n) is 3.55. The van der Waals surface area contributed by atoms with Gasteiger partial charge in [0, 0.05) is 0 Å². The minimum Gasteiger partial charge on any atom is -0.452 e. The molecule has 92 valence electrons. The van der Waals surface area contributed by atoms with Crippen molar-refractivity contribution in [2.75, 3.05) is 7.11 Å². The zero-order chi connectivity index (χ0) is 12.2. The zero-order valence-electron chi connectivity index (χ0n) is 8.80. The van der Waals surface area contributed by atoms with E-state index < -0.39 is 18.2 Å². The fraction of sp³-hybridized carbons (Fsp3) is 0.778. The van der Waals surface area contributed by atoms with E-state index in [0.717, 1.165) is 7.11 Å². The molecule has 1 saturated carbocycles. The van der Waals surface area contributed by atoms with Gasteiger partial charge in [0.2, 0.25) is 0 Å². The van der Waals surface area contributed by atoms with E-state index in [9.17, 15) is 18.0 Å². The fourth-order valence-corrected chi connectivity index (χ4v) is 1.64. The average Bonchev–Trinajstić information content (AvgIpc) is 2.25. The lowest BCUT2D eigenvalue weighted by Gasteiger charge is -2.25. The number of hydrazone groups is 1. The quantitative estimate of drug-likeness (QED) is 0.713. The van der Waals surface area contributed by atoms with Gasteiger partial charge in [-0.05, 0) is 19.3 Å². The number of rotatable bonds is 1. The third-order valence-electron chi connectivity index (χ3n) is 2.45. The van der Waals surface area contributed by atoms with Crippen molar-refractivity contribution in [3.63, 3.8) is 0 Å². The first-order chi connectivity index (χ1) is 7.45. The van der Waals surface area contributed by atoms with Crippen molar-refractivity contribution in [1.82, 2.24) is 5.43 Å². The number of halogens is 3. The zero-order valence-corrected chi connectivity index (χ0v) is 8.80. The van der Waals surface area contributed by atoms with Crippen LogP contribution in [0.15, 0.2) is 5.10 Å². The molecule has 0 aromatic rings. The number of nitrogens with zero attached hydrogens (tertiary/aromatic N) is 1. The average molecular weight is 238 g/mol. The molecule has 16 heavy (non-hydrogen) atoms. The molecule has 1 rings (SSSR count). The van der Waals surface area contributed by atoms with E-state index in [4.69, 9.17) is 0 Å². The first kappa shape index (κ1) is 12.8. The highest BCUT2D eigenvalue weighted by Gasteiger charge is 2.43. The molecule has 0 spiro atoms. The Hall–Kier alpha value is -1.27. The second-order valence-corrected chi connectivity index (χ2v) is 3.55. The van der Waals surface area contributed by atoms with E-state index in [-0.39, 0.29) is 18.6 Å². The third-order valence-corrected chi connectivity index (χ3v) is 2.45. The maximum atomic E-state index is 12.6. The molecule has 1 unspecified atom stereocenters. The van der Waals surface area contributed by atoms with E-state index in [0.29, 0.717) is 12.8 Å². The van der Waals surface area contributed by atoms with Crippen molar-refractivity contribution < 1.29 is 22.7 Å². The lowest BCUT2D eigenvalue weighted by atomic mass is 9.87. The highest BCUT2D eigenvalue weighted by atomic mass is 19.4. The van der Waals surface area contributed by atoms with Crippen LogP contribution in [0.4, 0.5) is 18.0 Å². The topological polar surface area (TPSA) is 50.7 Å². The smallest absolute Gasteiger partial charge is 0.427 e. The molecule has 1 N–H and O–H groups in total. The molecule has 1 atom stereocenters. The first-order valence-corrected chi connectivity index (χ1v) is 4.92. The Kier molecular flexibility index (Phi) is 4.14. The Labute approximate surface area is 90.8 Å². The number of hydrogen-bond donors (Lipinski definition) is 1. The molecule has 0 saturated heterocycles. The van der Waals surface area contributed by atoms with Gasteiger partial charge in [0.05, 0.1) is 18.7 Å². The normalized spacial score (nSPS) is 24.2. The number of methoxy groups -OCH3 is 1. The SMILES string of the molecule is COC(=O)N/N=C1/CCCCC1C(F)(F)F. The van der Waals surface area contributed by atoms with Gasteiger partial charge in [-0.1, -0.05) is 6.42 Å². The largest absolute Gasteiger partial charge is 0.452 e. The van der Waals surface area contributed by atoms with Gasteiger partial charge in [-0.15, -0.1) is 0 Å². The second kappa shape index (κ2) is 5.18. The monoisotopic (exact) mass is 238 g/mol. The Bertz CT molecular complexity index is 289. The van der Waals surface area contributed by atoms with Gasteiger partial charge >= 0.3 is 12.3 Å². The Morgan fingerprint density at radius 3 is 2.75 bits per heavy atom. The molecular weight excluding hydrogens is 225 g/mol. The predicted molar refractivity (Wildman–Crippen MR) is 51.0 cm³/mol. The van der Waals surface area contributed by atoms with Gasteiger partial charge in [-0.25, -0.2) is 10.2 Å². The maximum absolute atomic E-state index is 12.6.